The number of rotatable bonds is 5. The fraction of sp³-hybridized carbons (Fsp3) is 0.467. The topological polar surface area (TPSA) is 85.8 Å². The number of amidine groups is 1. The first-order valence-corrected chi connectivity index (χ1v) is 7.88. The Morgan fingerprint density at radius 2 is 2.23 bits per heavy atom. The number of hydrogen-bond acceptors (Lipinski definition) is 6. The first kappa shape index (κ1) is 14.0. The lowest BCUT2D eigenvalue weighted by molar-refractivity contribution is 0.0964. The van der Waals surface area contributed by atoms with Gasteiger partial charge in [-0.15, -0.1) is 10.6 Å². The fourth-order valence-electron chi connectivity index (χ4n) is 2.97. The van der Waals surface area contributed by atoms with E-state index in [-0.39, 0.29) is 17.6 Å². The number of hydrazone groups is 1. The van der Waals surface area contributed by atoms with Gasteiger partial charge >= 0.3 is 0 Å². The summed E-state index contributed by atoms with van der Waals surface area (Å²) in [6.45, 7) is 0. The van der Waals surface area contributed by atoms with Gasteiger partial charge in [0.1, 0.15) is 5.84 Å². The number of Topliss-reactive ketones (excluding diaryl/α,β-unsaturated/α-hetero) is 1. The second kappa shape index (κ2) is 5.22. The molecule has 0 radical (unpaired) electrons. The van der Waals surface area contributed by atoms with Crippen LogP contribution in [0.1, 0.15) is 41.3 Å². The van der Waals surface area contributed by atoms with Gasteiger partial charge in [-0.3, -0.25) is 10.2 Å². The highest BCUT2D eigenvalue weighted by Gasteiger charge is 2.47. The standard InChI is InChI=1S/C15H17ClN4O2/c16-12-5-8(3-4-9(12)13(21)7-1-2-7)14(22)10-6-11(10)15-17-19-20-18-15/h3-5,7,10-11,13,19-21H,1-2,6H2,(H,17,18)/t10-,11-,13?/m0/s1. The van der Waals surface area contributed by atoms with Gasteiger partial charge in [-0.05, 0) is 36.8 Å². The summed E-state index contributed by atoms with van der Waals surface area (Å²) in [5.41, 5.74) is 9.49. The molecule has 2 fully saturated rings. The highest BCUT2D eigenvalue weighted by atomic mass is 35.5. The van der Waals surface area contributed by atoms with Crippen molar-refractivity contribution in [1.82, 2.24) is 16.5 Å². The van der Waals surface area contributed by atoms with Crippen molar-refractivity contribution in [1.29, 1.82) is 0 Å². The van der Waals surface area contributed by atoms with Gasteiger partial charge < -0.3 is 5.11 Å². The number of ketones is 1. The summed E-state index contributed by atoms with van der Waals surface area (Å²) < 4.78 is 0. The molecule has 3 atom stereocenters. The molecule has 0 saturated heterocycles. The van der Waals surface area contributed by atoms with Gasteiger partial charge in [0.2, 0.25) is 0 Å². The smallest absolute Gasteiger partial charge is 0.166 e. The summed E-state index contributed by atoms with van der Waals surface area (Å²) in [6, 6.07) is 5.23. The number of nitrogens with zero attached hydrogens (tertiary/aromatic N) is 1. The first-order valence-electron chi connectivity index (χ1n) is 7.50. The van der Waals surface area contributed by atoms with Crippen molar-refractivity contribution >= 4 is 23.2 Å². The normalized spacial score (nSPS) is 27.6. The minimum Gasteiger partial charge on any atom is -0.388 e. The largest absolute Gasteiger partial charge is 0.388 e. The van der Waals surface area contributed by atoms with Gasteiger partial charge in [0.25, 0.3) is 0 Å². The lowest BCUT2D eigenvalue weighted by atomic mass is 10.00. The summed E-state index contributed by atoms with van der Waals surface area (Å²) in [6.07, 6.45) is 2.36. The van der Waals surface area contributed by atoms with Crippen molar-refractivity contribution in [2.75, 3.05) is 0 Å². The number of carbonyl (C=O) groups is 1. The van der Waals surface area contributed by atoms with Crippen LogP contribution >= 0.6 is 11.6 Å². The second-order valence-corrected chi connectivity index (χ2v) is 6.60. The van der Waals surface area contributed by atoms with Crippen LogP contribution < -0.4 is 16.5 Å². The van der Waals surface area contributed by atoms with Crippen molar-refractivity contribution < 1.29 is 9.90 Å². The van der Waals surface area contributed by atoms with E-state index in [1.807, 2.05) is 0 Å². The highest BCUT2D eigenvalue weighted by Crippen LogP contribution is 2.44. The quantitative estimate of drug-likeness (QED) is 0.618. The molecule has 7 heteroatoms. The molecule has 4 N–H and O–H groups in total. The molecule has 0 amide bonds. The summed E-state index contributed by atoms with van der Waals surface area (Å²) in [4.78, 5) is 12.5. The van der Waals surface area contributed by atoms with Crippen LogP contribution in [0.15, 0.2) is 23.3 Å². The average Bonchev–Trinajstić information content (AvgIpc) is 3.45. The molecule has 22 heavy (non-hydrogen) atoms. The second-order valence-electron chi connectivity index (χ2n) is 6.19. The van der Waals surface area contributed by atoms with Gasteiger partial charge in [-0.2, -0.15) is 0 Å². The van der Waals surface area contributed by atoms with Crippen molar-refractivity contribution in [3.05, 3.63) is 34.3 Å². The lowest BCUT2D eigenvalue weighted by Gasteiger charge is -2.12. The molecule has 0 spiro atoms. The Morgan fingerprint density at radius 1 is 1.41 bits per heavy atom. The van der Waals surface area contributed by atoms with E-state index in [1.54, 1.807) is 18.2 Å². The van der Waals surface area contributed by atoms with Crippen molar-refractivity contribution in [2.45, 2.75) is 25.4 Å². The predicted octanol–water partition coefficient (Wildman–Crippen LogP) is 1.53. The van der Waals surface area contributed by atoms with Gasteiger partial charge in [0.15, 0.2) is 5.78 Å². The van der Waals surface area contributed by atoms with Crippen molar-refractivity contribution in [3.63, 3.8) is 0 Å². The number of benzene rings is 1. The van der Waals surface area contributed by atoms with Crippen LogP contribution in [0, 0.1) is 17.8 Å². The zero-order valence-corrected chi connectivity index (χ0v) is 12.6. The molecule has 2 saturated carbocycles. The first-order chi connectivity index (χ1) is 10.6. The molecular formula is C15H17ClN4O2. The molecule has 1 unspecified atom stereocenters. The molecule has 6 nitrogen and oxygen atoms in total. The molecule has 4 rings (SSSR count). The van der Waals surface area contributed by atoms with Crippen molar-refractivity contribution in [3.8, 4) is 0 Å². The third-order valence-corrected chi connectivity index (χ3v) is 4.90. The number of hydrogen-bond donors (Lipinski definition) is 4. The minimum atomic E-state index is -0.514. The maximum Gasteiger partial charge on any atom is 0.166 e. The highest BCUT2D eigenvalue weighted by molar-refractivity contribution is 6.31. The zero-order chi connectivity index (χ0) is 15.3. The third-order valence-electron chi connectivity index (χ3n) is 4.57. The number of aliphatic hydroxyl groups excluding tert-OH is 1. The number of hydrazine groups is 2. The molecule has 0 bridgehead atoms. The van der Waals surface area contributed by atoms with Crippen LogP contribution in [0.4, 0.5) is 0 Å². The molecule has 0 aromatic heterocycles. The zero-order valence-electron chi connectivity index (χ0n) is 11.8. The van der Waals surface area contributed by atoms with Crippen LogP contribution in [0.3, 0.4) is 0 Å². The van der Waals surface area contributed by atoms with E-state index in [4.69, 9.17) is 11.6 Å². The number of halogens is 1. The van der Waals surface area contributed by atoms with E-state index >= 15 is 0 Å². The van der Waals surface area contributed by atoms with E-state index in [2.05, 4.69) is 21.6 Å². The van der Waals surface area contributed by atoms with E-state index in [9.17, 15) is 9.90 Å². The minimum absolute atomic E-state index is 0.0526. The number of nitrogens with one attached hydrogen (secondary N) is 3. The van der Waals surface area contributed by atoms with E-state index < -0.39 is 6.10 Å². The van der Waals surface area contributed by atoms with Crippen LogP contribution in [0.5, 0.6) is 0 Å². The Kier molecular flexibility index (Phi) is 3.32. The van der Waals surface area contributed by atoms with Gasteiger partial charge in [-0.25, -0.2) is 5.53 Å². The average molecular weight is 321 g/mol. The van der Waals surface area contributed by atoms with Gasteiger partial charge in [-0.1, -0.05) is 23.7 Å². The summed E-state index contributed by atoms with van der Waals surface area (Å²) in [5, 5.41) is 14.7. The molecule has 2 aliphatic carbocycles. The van der Waals surface area contributed by atoms with Crippen LogP contribution in [0.25, 0.3) is 0 Å². The van der Waals surface area contributed by atoms with E-state index in [1.165, 1.54) is 0 Å². The summed E-state index contributed by atoms with van der Waals surface area (Å²) >= 11 is 6.26. The third kappa shape index (κ3) is 2.47. The van der Waals surface area contributed by atoms with Crippen LogP contribution in [0.2, 0.25) is 5.02 Å². The van der Waals surface area contributed by atoms with Crippen LogP contribution in [-0.2, 0) is 0 Å². The maximum atomic E-state index is 12.5. The van der Waals surface area contributed by atoms with Gasteiger partial charge in [0.05, 0.1) is 6.10 Å². The van der Waals surface area contributed by atoms with E-state index in [0.29, 0.717) is 16.5 Å². The SMILES string of the molecule is O=C(c1ccc(C(O)C2CC2)c(Cl)c1)[C@H]1C[C@@H]1C1=NNNN1. The molecule has 116 valence electrons. The van der Waals surface area contributed by atoms with E-state index in [0.717, 1.165) is 30.7 Å². The van der Waals surface area contributed by atoms with Gasteiger partial charge in [0, 0.05) is 22.4 Å². The predicted molar refractivity (Wildman–Crippen MR) is 81.9 cm³/mol. The lowest BCUT2D eigenvalue weighted by Crippen LogP contribution is -2.36. The maximum absolute atomic E-state index is 12.5. The molecule has 3 aliphatic rings. The Morgan fingerprint density at radius 3 is 2.86 bits per heavy atom. The molecule has 1 aromatic carbocycles. The van der Waals surface area contributed by atoms with Crippen molar-refractivity contribution in [2.24, 2.45) is 22.9 Å². The number of carbonyl (C=O) groups excluding carboxylic acids is 1. The molecular weight excluding hydrogens is 304 g/mol. The Labute approximate surface area is 132 Å². The fourth-order valence-corrected chi connectivity index (χ4v) is 3.26. The Hall–Kier alpha value is -1.63. The number of aliphatic hydroxyl groups is 1. The molecule has 1 heterocycles. The Balaban J connectivity index is 1.48. The summed E-state index contributed by atoms with van der Waals surface area (Å²) in [7, 11) is 0. The summed E-state index contributed by atoms with van der Waals surface area (Å²) in [5.74, 6) is 1.24. The molecule has 1 aromatic rings. The Bertz CT molecular complexity index is 659. The van der Waals surface area contributed by atoms with Crippen LogP contribution in [-0.4, -0.2) is 16.7 Å². The molecule has 1 aliphatic heterocycles. The monoisotopic (exact) mass is 320 g/mol.